The van der Waals surface area contributed by atoms with Gasteiger partial charge in [-0.2, -0.15) is 0 Å². The van der Waals surface area contributed by atoms with Crippen LogP contribution in [0.15, 0.2) is 89.9 Å². The van der Waals surface area contributed by atoms with Crippen LogP contribution in [0, 0.1) is 59.5 Å². The average molecular weight is 1260 g/mol. The quantitative estimate of drug-likeness (QED) is 0.0282. The van der Waals surface area contributed by atoms with Crippen LogP contribution in [-0.4, -0.2) is 137 Å². The molecule has 4 aromatic carbocycles. The topological polar surface area (TPSA) is 188 Å². The number of ether oxygens (including phenoxy) is 2. The van der Waals surface area contributed by atoms with Crippen molar-refractivity contribution in [2.45, 2.75) is 115 Å². The first-order valence-corrected chi connectivity index (χ1v) is 31.2. The number of aryl methyl sites for hydroxylation is 2. The molecule has 8 rings (SSSR count). The Morgan fingerprint density at radius 3 is 2.07 bits per heavy atom. The number of thiophene rings is 1. The van der Waals surface area contributed by atoms with Crippen LogP contribution in [0.2, 0.25) is 10.0 Å². The van der Waals surface area contributed by atoms with Gasteiger partial charge in [-0.15, -0.1) is 11.3 Å². The molecule has 1 aromatic heterocycles. The van der Waals surface area contributed by atoms with Crippen molar-refractivity contribution in [3.05, 3.63) is 145 Å². The Bertz CT molecular complexity index is 3150. The van der Waals surface area contributed by atoms with Gasteiger partial charge in [0.25, 0.3) is 5.91 Å². The number of benzene rings is 4. The maximum atomic E-state index is 14.4. The summed E-state index contributed by atoms with van der Waals surface area (Å²) >= 11 is 12.9. The van der Waals surface area contributed by atoms with Crippen LogP contribution in [0.1, 0.15) is 131 Å². The molecule has 2 saturated heterocycles. The third-order valence-corrected chi connectivity index (χ3v) is 16.1. The Kier molecular flexibility index (Phi) is 27.1. The molecular formula is C67H92Cl2F2N10O5S. The van der Waals surface area contributed by atoms with Gasteiger partial charge in [0.1, 0.15) is 34.1 Å². The summed E-state index contributed by atoms with van der Waals surface area (Å²) in [7, 11) is 1.49. The Morgan fingerprint density at radius 2 is 1.47 bits per heavy atom. The van der Waals surface area contributed by atoms with Gasteiger partial charge in [-0.25, -0.2) is 8.78 Å². The molecule has 0 saturated carbocycles. The van der Waals surface area contributed by atoms with E-state index in [-0.39, 0.29) is 51.1 Å². The second kappa shape index (κ2) is 32.9. The lowest BCUT2D eigenvalue weighted by molar-refractivity contribution is -0.119. The van der Waals surface area contributed by atoms with E-state index in [1.807, 2.05) is 0 Å². The lowest BCUT2D eigenvalue weighted by Crippen LogP contribution is -2.50. The number of halogens is 4. The molecule has 2 unspecified atom stereocenters. The Labute approximate surface area is 529 Å². The zero-order valence-electron chi connectivity index (χ0n) is 53.4. The molecule has 4 heterocycles. The first kappa shape index (κ1) is 71.6. The number of amides is 3. The number of fused-ring (bicyclic) bond motifs is 1. The van der Waals surface area contributed by atoms with Crippen molar-refractivity contribution >= 4 is 80.3 Å². The van der Waals surface area contributed by atoms with Crippen molar-refractivity contribution in [2.24, 2.45) is 21.2 Å². The van der Waals surface area contributed by atoms with Gasteiger partial charge >= 0.3 is 0 Å². The second-order valence-electron chi connectivity index (χ2n) is 25.7. The second-order valence-corrected chi connectivity index (χ2v) is 27.7. The summed E-state index contributed by atoms with van der Waals surface area (Å²) in [5.41, 5.74) is 7.01. The first-order chi connectivity index (χ1) is 40.8. The van der Waals surface area contributed by atoms with Gasteiger partial charge in [0.2, 0.25) is 11.8 Å². The molecule has 20 heteroatoms. The third kappa shape index (κ3) is 23.1. The number of carbonyl (C=O) groups excluding carboxylic acids is 3. The van der Waals surface area contributed by atoms with Crippen LogP contribution in [-0.2, 0) is 14.3 Å². The minimum absolute atomic E-state index is 0.0225. The van der Waals surface area contributed by atoms with E-state index in [2.05, 4.69) is 131 Å². The van der Waals surface area contributed by atoms with Crippen LogP contribution >= 0.6 is 34.5 Å². The predicted molar refractivity (Wildman–Crippen MR) is 355 cm³/mol. The molecule has 0 radical (unpaired) electrons. The van der Waals surface area contributed by atoms with Crippen molar-refractivity contribution in [3.8, 4) is 5.75 Å². The van der Waals surface area contributed by atoms with Crippen molar-refractivity contribution in [2.75, 3.05) is 96.0 Å². The van der Waals surface area contributed by atoms with Gasteiger partial charge in [-0.05, 0) is 106 Å². The van der Waals surface area contributed by atoms with Crippen molar-refractivity contribution < 1.29 is 32.6 Å². The number of nitrogens with one attached hydrogen (secondary N) is 6. The summed E-state index contributed by atoms with van der Waals surface area (Å²) in [6.45, 7) is 35.9. The third-order valence-electron chi connectivity index (χ3n) is 14.4. The molecule has 3 aliphatic rings. The molecule has 5 aromatic rings. The summed E-state index contributed by atoms with van der Waals surface area (Å²) in [5, 5.41) is 29.8. The number of hydrogen-bond acceptors (Lipinski definition) is 12. The fourth-order valence-electron chi connectivity index (χ4n) is 9.84. The monoisotopic (exact) mass is 1260 g/mol. The molecule has 3 amide bonds. The van der Waals surface area contributed by atoms with E-state index in [4.69, 9.17) is 48.5 Å². The largest absolute Gasteiger partial charge is 0.495 e. The number of nitrogens with zero attached hydrogens (tertiary/aromatic N) is 4. The zero-order valence-corrected chi connectivity index (χ0v) is 55.7. The number of hydrogen-bond donors (Lipinski definition) is 6. The van der Waals surface area contributed by atoms with E-state index in [0.717, 1.165) is 74.1 Å². The summed E-state index contributed by atoms with van der Waals surface area (Å²) < 4.78 is 38.4. The number of aliphatic imine (C=N–C) groups is 1. The van der Waals surface area contributed by atoms with Crippen molar-refractivity contribution in [1.82, 2.24) is 25.8 Å². The van der Waals surface area contributed by atoms with Gasteiger partial charge < -0.3 is 40.5 Å². The molecule has 6 N–H and O–H groups in total. The highest BCUT2D eigenvalue weighted by molar-refractivity contribution is 7.17. The molecule has 0 bridgehead atoms. The highest BCUT2D eigenvalue weighted by Gasteiger charge is 2.33. The molecule has 15 nitrogen and oxygen atoms in total. The molecule has 0 spiro atoms. The van der Waals surface area contributed by atoms with Crippen LogP contribution in [0.4, 0.5) is 19.5 Å². The smallest absolute Gasteiger partial charge is 0.251 e. The van der Waals surface area contributed by atoms with Crippen molar-refractivity contribution in [3.63, 3.8) is 0 Å². The van der Waals surface area contributed by atoms with Crippen molar-refractivity contribution in [1.29, 1.82) is 10.8 Å². The highest BCUT2D eigenvalue weighted by atomic mass is 35.5. The lowest BCUT2D eigenvalue weighted by atomic mass is 9.92. The minimum Gasteiger partial charge on any atom is -0.495 e. The standard InChI is InChI=1S/C38H56ClFN6O5.C18H20N4S.C6H4ClF.C5H12/c1-26(47)41-12-7-13-45-14-16-46(17-15-45)23-38(4,5)25-51-24-37(2,3)22-43-35(48)27-8-11-32(34(19-27)50-6)44-36(49)33-18-28(21-42-33)30-10-9-29(39)20-31(30)40;1-10-5-7-14(8-6-10)17-16-11(2)12(3)23-18(16)22(13(4)19)15(20)9-21-17;7-5-3-1-2-4-6(5)8;1-5(2,3)4/h8-11,19-20,28,33,42H,7,12-18,21-25H2,1-6H3,(H,41,47)(H,43,48)(H,44,49);5-8,19-20H,9H2,1-4H3;1-4H;1-4H3. The Morgan fingerprint density at radius 1 is 0.828 bits per heavy atom. The molecule has 2 fully saturated rings. The molecule has 474 valence electrons. The maximum absolute atomic E-state index is 14.4. The number of rotatable bonds is 18. The van der Waals surface area contributed by atoms with E-state index < -0.39 is 6.04 Å². The number of anilines is 2. The van der Waals surface area contributed by atoms with E-state index in [0.29, 0.717) is 83.9 Å². The molecular weight excluding hydrogens is 1170 g/mol. The van der Waals surface area contributed by atoms with Crippen LogP contribution < -0.4 is 30.9 Å². The zero-order chi connectivity index (χ0) is 64.4. The highest BCUT2D eigenvalue weighted by Crippen LogP contribution is 2.39. The normalized spacial score (nSPS) is 16.3. The fraction of sp³-hybridized carbons (Fsp3) is 0.493. The number of methoxy groups -OCH3 is 1. The maximum Gasteiger partial charge on any atom is 0.251 e. The van der Waals surface area contributed by atoms with Gasteiger partial charge in [-0.3, -0.25) is 35.1 Å². The first-order valence-electron chi connectivity index (χ1n) is 29.6. The predicted octanol–water partition coefficient (Wildman–Crippen LogP) is 13.4. The number of piperazine rings is 1. The summed E-state index contributed by atoms with van der Waals surface area (Å²) in [6.07, 6.45) is 1.40. The Hall–Kier alpha value is -6.12. The molecule has 0 aliphatic carbocycles. The van der Waals surface area contributed by atoms with Gasteiger partial charge in [0.15, 0.2) is 0 Å². The molecule has 87 heavy (non-hydrogen) atoms. The van der Waals surface area contributed by atoms with Crippen LogP contribution in [0.25, 0.3) is 0 Å². The van der Waals surface area contributed by atoms with Gasteiger partial charge in [-0.1, -0.05) is 127 Å². The summed E-state index contributed by atoms with van der Waals surface area (Å²) in [6, 6.07) is 23.5. The van der Waals surface area contributed by atoms with E-state index in [1.54, 1.807) is 72.5 Å². The lowest BCUT2D eigenvalue weighted by Gasteiger charge is -2.39. The van der Waals surface area contributed by atoms with Gasteiger partial charge in [0, 0.05) is 103 Å². The molecule has 3 aliphatic heterocycles. The summed E-state index contributed by atoms with van der Waals surface area (Å²) in [4.78, 5) is 49.9. The SMILES string of the molecule is CC(=N)N1C(=N)CN=C(c2ccc(C)cc2)c2c1sc(C)c2C.CC(C)(C)C.COc1cc(C(=O)NCC(C)(C)COCC(C)(C)CN2CCN(CCCNC(C)=O)CC2)ccc1NC(=O)C1CC(c2ccc(Cl)cc2F)CN1.Fc1ccccc1Cl. The molecule has 2 atom stereocenters. The van der Waals surface area contributed by atoms with E-state index in [9.17, 15) is 23.2 Å². The fourth-order valence-corrected chi connectivity index (χ4v) is 11.4. The van der Waals surface area contributed by atoms with E-state index >= 15 is 0 Å². The van der Waals surface area contributed by atoms with Gasteiger partial charge in [0.05, 0.1) is 49.3 Å². The van der Waals surface area contributed by atoms with E-state index in [1.165, 1.54) is 41.3 Å². The van der Waals surface area contributed by atoms with Crippen LogP contribution in [0.3, 0.4) is 0 Å². The van der Waals surface area contributed by atoms with Crippen LogP contribution in [0.5, 0.6) is 5.75 Å². The number of carbonyl (C=O) groups is 3. The number of amidine groups is 2. The summed E-state index contributed by atoms with van der Waals surface area (Å²) in [5.74, 6) is -0.319. The minimum atomic E-state index is -0.512. The Balaban J connectivity index is 0.000000310. The average Bonchev–Trinajstić information content (AvgIpc) is 1.72.